The van der Waals surface area contributed by atoms with E-state index in [1.165, 1.54) is 24.3 Å². The third-order valence-corrected chi connectivity index (χ3v) is 4.67. The molecule has 0 saturated carbocycles. The second-order valence-corrected chi connectivity index (χ2v) is 6.83. The van der Waals surface area contributed by atoms with Crippen molar-refractivity contribution < 1.29 is 14.3 Å². The summed E-state index contributed by atoms with van der Waals surface area (Å²) in [5.74, 6) is -0.535. The van der Waals surface area contributed by atoms with E-state index in [2.05, 4.69) is 10.2 Å². The number of hydrogen-bond donors (Lipinski definition) is 2. The van der Waals surface area contributed by atoms with Crippen LogP contribution in [0.2, 0.25) is 0 Å². The molecule has 3 aromatic carbocycles. The minimum Gasteiger partial charge on any atom is -0.396 e. The lowest BCUT2D eigenvalue weighted by Crippen LogP contribution is -2.37. The van der Waals surface area contributed by atoms with Crippen molar-refractivity contribution in [3.8, 4) is 0 Å². The van der Waals surface area contributed by atoms with Crippen LogP contribution >= 0.6 is 0 Å². The van der Waals surface area contributed by atoms with Gasteiger partial charge in [0.1, 0.15) is 5.82 Å². The Bertz CT molecular complexity index is 846. The number of halogens is 1. The number of nitrogens with one attached hydrogen (secondary N) is 1. The Kier molecular flexibility index (Phi) is 7.50. The molecule has 29 heavy (non-hydrogen) atoms. The second kappa shape index (κ2) is 10.5. The summed E-state index contributed by atoms with van der Waals surface area (Å²) >= 11 is 0. The predicted molar refractivity (Wildman–Crippen MR) is 113 cm³/mol. The number of nitrogens with zero attached hydrogens (tertiary/aromatic N) is 1. The fraction of sp³-hybridized carbons (Fsp3) is 0.208. The van der Waals surface area contributed by atoms with Gasteiger partial charge in [-0.1, -0.05) is 60.7 Å². The number of rotatable bonds is 9. The first kappa shape index (κ1) is 20.7. The van der Waals surface area contributed by atoms with E-state index >= 15 is 0 Å². The summed E-state index contributed by atoms with van der Waals surface area (Å²) < 4.78 is 13.1. The summed E-state index contributed by atoms with van der Waals surface area (Å²) in [6.45, 7) is 0.750. The van der Waals surface area contributed by atoms with Crippen LogP contribution in [-0.4, -0.2) is 35.6 Å². The van der Waals surface area contributed by atoms with E-state index < -0.39 is 0 Å². The summed E-state index contributed by atoms with van der Waals surface area (Å²) in [5, 5.41) is 12.2. The SMILES string of the molecule is O=C(CN(CCCO)C(c1ccccc1)c1ccccc1)Nc1ccc(F)cc1. The maximum atomic E-state index is 13.1. The number of benzene rings is 3. The molecule has 0 bridgehead atoms. The number of carbonyl (C=O) groups excluding carboxylic acids is 1. The molecule has 1 amide bonds. The number of aliphatic hydroxyl groups is 1. The molecular formula is C24H25FN2O2. The Morgan fingerprint density at radius 1 is 0.897 bits per heavy atom. The van der Waals surface area contributed by atoms with Gasteiger partial charge in [-0.15, -0.1) is 0 Å². The Morgan fingerprint density at radius 3 is 1.97 bits per heavy atom. The summed E-state index contributed by atoms with van der Waals surface area (Å²) in [7, 11) is 0. The van der Waals surface area contributed by atoms with E-state index in [1.54, 1.807) is 0 Å². The second-order valence-electron chi connectivity index (χ2n) is 6.83. The van der Waals surface area contributed by atoms with Gasteiger partial charge in [0.05, 0.1) is 12.6 Å². The van der Waals surface area contributed by atoms with E-state index in [1.807, 2.05) is 60.7 Å². The van der Waals surface area contributed by atoms with Crippen molar-refractivity contribution in [3.05, 3.63) is 102 Å². The Labute approximate surface area is 170 Å². The van der Waals surface area contributed by atoms with E-state index in [9.17, 15) is 14.3 Å². The van der Waals surface area contributed by atoms with Gasteiger partial charge in [0.2, 0.25) is 5.91 Å². The van der Waals surface area contributed by atoms with Crippen molar-refractivity contribution in [2.45, 2.75) is 12.5 Å². The van der Waals surface area contributed by atoms with Crippen molar-refractivity contribution in [1.29, 1.82) is 0 Å². The highest BCUT2D eigenvalue weighted by Crippen LogP contribution is 2.28. The maximum absolute atomic E-state index is 13.1. The Balaban J connectivity index is 1.85. The van der Waals surface area contributed by atoms with Gasteiger partial charge in [-0.25, -0.2) is 4.39 Å². The first-order valence-corrected chi connectivity index (χ1v) is 9.67. The zero-order valence-electron chi connectivity index (χ0n) is 16.2. The first-order valence-electron chi connectivity index (χ1n) is 9.67. The number of carbonyl (C=O) groups is 1. The molecule has 0 aliphatic carbocycles. The van der Waals surface area contributed by atoms with Crippen LogP contribution in [0.5, 0.6) is 0 Å². The predicted octanol–water partition coefficient (Wildman–Crippen LogP) is 4.24. The van der Waals surface area contributed by atoms with Crippen molar-refractivity contribution in [3.63, 3.8) is 0 Å². The van der Waals surface area contributed by atoms with Crippen LogP contribution in [0.1, 0.15) is 23.6 Å². The van der Waals surface area contributed by atoms with Gasteiger partial charge in [-0.2, -0.15) is 0 Å². The zero-order chi connectivity index (χ0) is 20.5. The molecule has 0 heterocycles. The maximum Gasteiger partial charge on any atom is 0.238 e. The molecular weight excluding hydrogens is 367 g/mol. The molecule has 0 saturated heterocycles. The minimum atomic E-state index is -0.346. The smallest absolute Gasteiger partial charge is 0.238 e. The van der Waals surface area contributed by atoms with Gasteiger partial charge in [0.25, 0.3) is 0 Å². The highest BCUT2D eigenvalue weighted by atomic mass is 19.1. The summed E-state index contributed by atoms with van der Waals surface area (Å²) in [4.78, 5) is 14.8. The van der Waals surface area contributed by atoms with Crippen LogP contribution in [0, 0.1) is 5.82 Å². The number of anilines is 1. The summed E-state index contributed by atoms with van der Waals surface area (Å²) in [6, 6.07) is 25.6. The normalized spacial score (nSPS) is 11.0. The van der Waals surface area contributed by atoms with E-state index in [0.717, 1.165) is 11.1 Å². The van der Waals surface area contributed by atoms with Crippen molar-refractivity contribution in [2.24, 2.45) is 0 Å². The fourth-order valence-corrected chi connectivity index (χ4v) is 3.38. The molecule has 0 unspecified atom stereocenters. The number of aliphatic hydroxyl groups excluding tert-OH is 1. The van der Waals surface area contributed by atoms with E-state index in [0.29, 0.717) is 18.7 Å². The Morgan fingerprint density at radius 2 is 1.45 bits per heavy atom. The van der Waals surface area contributed by atoms with Gasteiger partial charge >= 0.3 is 0 Å². The summed E-state index contributed by atoms with van der Waals surface area (Å²) in [6.07, 6.45) is 0.556. The average Bonchev–Trinajstić information content (AvgIpc) is 2.75. The molecule has 3 aromatic rings. The van der Waals surface area contributed by atoms with Crippen LogP contribution in [0.25, 0.3) is 0 Å². The van der Waals surface area contributed by atoms with Gasteiger partial charge in [0.15, 0.2) is 0 Å². The molecule has 0 radical (unpaired) electrons. The van der Waals surface area contributed by atoms with Crippen LogP contribution in [0.4, 0.5) is 10.1 Å². The molecule has 150 valence electrons. The van der Waals surface area contributed by atoms with Gasteiger partial charge in [-0.3, -0.25) is 9.69 Å². The molecule has 0 fully saturated rings. The lowest BCUT2D eigenvalue weighted by atomic mass is 9.96. The lowest BCUT2D eigenvalue weighted by Gasteiger charge is -2.32. The number of hydrogen-bond acceptors (Lipinski definition) is 3. The molecule has 5 heteroatoms. The third-order valence-electron chi connectivity index (χ3n) is 4.67. The van der Waals surface area contributed by atoms with Crippen molar-refractivity contribution in [1.82, 2.24) is 4.90 Å². The largest absolute Gasteiger partial charge is 0.396 e. The third kappa shape index (κ3) is 5.98. The number of amides is 1. The topological polar surface area (TPSA) is 52.6 Å². The zero-order valence-corrected chi connectivity index (χ0v) is 16.2. The molecule has 4 nitrogen and oxygen atoms in total. The van der Waals surface area contributed by atoms with Gasteiger partial charge in [-0.05, 0) is 41.8 Å². The lowest BCUT2D eigenvalue weighted by molar-refractivity contribution is -0.117. The summed E-state index contributed by atoms with van der Waals surface area (Å²) in [5.41, 5.74) is 2.70. The monoisotopic (exact) mass is 392 g/mol. The molecule has 0 aromatic heterocycles. The van der Waals surface area contributed by atoms with Crippen molar-refractivity contribution >= 4 is 11.6 Å². The van der Waals surface area contributed by atoms with E-state index in [4.69, 9.17) is 0 Å². The quantitative estimate of drug-likeness (QED) is 0.573. The molecule has 3 rings (SSSR count). The standard InChI is InChI=1S/C24H25FN2O2/c25-21-12-14-22(15-13-21)26-23(29)18-27(16-7-17-28)24(19-8-3-1-4-9-19)20-10-5-2-6-11-20/h1-6,8-15,24,28H,7,16-18H2,(H,26,29). The molecule has 0 aliphatic heterocycles. The van der Waals surface area contributed by atoms with Crippen LogP contribution < -0.4 is 5.32 Å². The molecule has 2 N–H and O–H groups in total. The molecule has 0 atom stereocenters. The molecule has 0 aliphatic rings. The van der Waals surface area contributed by atoms with E-state index in [-0.39, 0.29) is 30.9 Å². The van der Waals surface area contributed by atoms with Gasteiger partial charge < -0.3 is 10.4 Å². The first-order chi connectivity index (χ1) is 14.2. The highest BCUT2D eigenvalue weighted by Gasteiger charge is 2.24. The fourth-order valence-electron chi connectivity index (χ4n) is 3.38. The van der Waals surface area contributed by atoms with Crippen LogP contribution in [0.15, 0.2) is 84.9 Å². The molecule has 0 spiro atoms. The minimum absolute atomic E-state index is 0.0480. The van der Waals surface area contributed by atoms with Crippen LogP contribution in [0.3, 0.4) is 0 Å². The Hall–Kier alpha value is -3.02. The van der Waals surface area contributed by atoms with Crippen molar-refractivity contribution in [2.75, 3.05) is 25.0 Å². The highest BCUT2D eigenvalue weighted by molar-refractivity contribution is 5.92. The van der Waals surface area contributed by atoms with Crippen LogP contribution in [-0.2, 0) is 4.79 Å². The average molecular weight is 392 g/mol. The van der Waals surface area contributed by atoms with Gasteiger partial charge in [0, 0.05) is 18.8 Å².